The van der Waals surface area contributed by atoms with E-state index in [4.69, 9.17) is 5.73 Å². The van der Waals surface area contributed by atoms with Gasteiger partial charge in [-0.05, 0) is 60.1 Å². The van der Waals surface area contributed by atoms with Crippen LogP contribution in [0.5, 0.6) is 0 Å². The van der Waals surface area contributed by atoms with Crippen molar-refractivity contribution in [2.24, 2.45) is 5.92 Å². The van der Waals surface area contributed by atoms with Crippen LogP contribution in [-0.2, 0) is 10.0 Å². The number of nitrogen functional groups attached to an aromatic ring is 1. The lowest BCUT2D eigenvalue weighted by molar-refractivity contribution is 0.188. The van der Waals surface area contributed by atoms with Crippen molar-refractivity contribution in [3.8, 4) is 0 Å². The smallest absolute Gasteiger partial charge is 0.240 e. The monoisotopic (exact) mass is 361 g/mol. The third-order valence-electron chi connectivity index (χ3n) is 3.69. The molecule has 0 amide bonds. The highest BCUT2D eigenvalue weighted by Crippen LogP contribution is 2.24. The van der Waals surface area contributed by atoms with Gasteiger partial charge < -0.3 is 10.6 Å². The van der Waals surface area contributed by atoms with E-state index in [0.29, 0.717) is 10.2 Å². The first-order chi connectivity index (χ1) is 9.29. The van der Waals surface area contributed by atoms with Crippen LogP contribution >= 0.6 is 15.9 Å². The van der Waals surface area contributed by atoms with E-state index in [-0.39, 0.29) is 16.9 Å². The first kappa shape index (κ1) is 15.8. The number of hydrogen-bond acceptors (Lipinski definition) is 4. The topological polar surface area (TPSA) is 75.4 Å². The van der Waals surface area contributed by atoms with E-state index in [1.807, 2.05) is 0 Å². The summed E-state index contributed by atoms with van der Waals surface area (Å²) in [4.78, 5) is 2.43. The van der Waals surface area contributed by atoms with E-state index in [1.165, 1.54) is 6.07 Å². The van der Waals surface area contributed by atoms with Crippen molar-refractivity contribution in [2.45, 2.75) is 24.3 Å². The van der Waals surface area contributed by atoms with Gasteiger partial charge in [0.05, 0.1) is 4.90 Å². The Morgan fingerprint density at radius 3 is 2.75 bits per heavy atom. The zero-order valence-electron chi connectivity index (χ0n) is 11.6. The van der Waals surface area contributed by atoms with Crippen LogP contribution in [0.4, 0.5) is 5.69 Å². The van der Waals surface area contributed by atoms with Gasteiger partial charge >= 0.3 is 0 Å². The molecule has 0 aliphatic carbocycles. The molecule has 2 rings (SSSR count). The summed E-state index contributed by atoms with van der Waals surface area (Å²) in [6.45, 7) is 3.87. The lowest BCUT2D eigenvalue weighted by Crippen LogP contribution is -2.48. The lowest BCUT2D eigenvalue weighted by Gasteiger charge is -2.34. The number of nitrogens with zero attached hydrogens (tertiary/aromatic N) is 1. The average molecular weight is 362 g/mol. The third-order valence-corrected chi connectivity index (χ3v) is 5.90. The molecule has 0 spiro atoms. The number of likely N-dealkylation sites (tertiary alicyclic amines) is 1. The molecule has 5 nitrogen and oxygen atoms in total. The van der Waals surface area contributed by atoms with Crippen LogP contribution < -0.4 is 10.5 Å². The van der Waals surface area contributed by atoms with Crippen LogP contribution in [0.1, 0.15) is 13.3 Å². The molecule has 0 bridgehead atoms. The summed E-state index contributed by atoms with van der Waals surface area (Å²) >= 11 is 3.27. The van der Waals surface area contributed by atoms with Crippen LogP contribution in [0.3, 0.4) is 0 Å². The van der Waals surface area contributed by atoms with Gasteiger partial charge in [0.1, 0.15) is 0 Å². The van der Waals surface area contributed by atoms with Gasteiger partial charge in [-0.15, -0.1) is 0 Å². The summed E-state index contributed by atoms with van der Waals surface area (Å²) in [5, 5.41) is 0. The van der Waals surface area contributed by atoms with E-state index in [2.05, 4.69) is 39.5 Å². The second-order valence-electron chi connectivity index (χ2n) is 5.44. The molecule has 1 aliphatic heterocycles. The maximum atomic E-state index is 12.4. The van der Waals surface area contributed by atoms with Gasteiger partial charge in [-0.2, -0.15) is 0 Å². The Hall–Kier alpha value is -0.630. The number of nitrogens with two attached hydrogens (primary N) is 1. The molecule has 1 aromatic rings. The van der Waals surface area contributed by atoms with Crippen LogP contribution in [0.25, 0.3) is 0 Å². The van der Waals surface area contributed by atoms with Gasteiger partial charge in [0.15, 0.2) is 0 Å². The van der Waals surface area contributed by atoms with Crippen LogP contribution in [-0.4, -0.2) is 39.5 Å². The van der Waals surface area contributed by atoms with E-state index < -0.39 is 10.0 Å². The Morgan fingerprint density at radius 1 is 1.45 bits per heavy atom. The first-order valence-electron chi connectivity index (χ1n) is 6.55. The van der Waals surface area contributed by atoms with E-state index in [1.54, 1.807) is 12.1 Å². The highest BCUT2D eigenvalue weighted by atomic mass is 79.9. The van der Waals surface area contributed by atoms with E-state index >= 15 is 0 Å². The number of hydrogen-bond donors (Lipinski definition) is 2. The Balaban J connectivity index is 2.16. The highest BCUT2D eigenvalue weighted by molar-refractivity contribution is 9.10. The molecule has 3 N–H and O–H groups in total. The quantitative estimate of drug-likeness (QED) is 0.802. The molecule has 1 aromatic carbocycles. The first-order valence-corrected chi connectivity index (χ1v) is 8.83. The molecule has 20 heavy (non-hydrogen) atoms. The van der Waals surface area contributed by atoms with Gasteiger partial charge in [-0.25, -0.2) is 13.1 Å². The summed E-state index contributed by atoms with van der Waals surface area (Å²) in [5.41, 5.74) is 6.17. The van der Waals surface area contributed by atoms with Crippen molar-refractivity contribution < 1.29 is 8.42 Å². The molecular formula is C13H20BrN3O2S. The van der Waals surface area contributed by atoms with Crippen molar-refractivity contribution in [2.75, 3.05) is 25.9 Å². The van der Waals surface area contributed by atoms with Crippen molar-refractivity contribution >= 4 is 31.6 Å². The van der Waals surface area contributed by atoms with Crippen LogP contribution in [0, 0.1) is 5.92 Å². The minimum absolute atomic E-state index is 0.0268. The van der Waals surface area contributed by atoms with Crippen LogP contribution in [0.15, 0.2) is 27.6 Å². The lowest BCUT2D eigenvalue weighted by atomic mass is 9.95. The fraction of sp³-hybridized carbons (Fsp3) is 0.538. The molecule has 1 aliphatic rings. The molecule has 0 saturated carbocycles. The second-order valence-corrected chi connectivity index (χ2v) is 8.01. The van der Waals surface area contributed by atoms with Gasteiger partial charge in [-0.1, -0.05) is 6.92 Å². The predicted octanol–water partition coefficient (Wildman–Crippen LogP) is 1.65. The Morgan fingerprint density at radius 2 is 2.15 bits per heavy atom. The average Bonchev–Trinajstić information content (AvgIpc) is 2.36. The maximum Gasteiger partial charge on any atom is 0.240 e. The number of nitrogens with one attached hydrogen (secondary N) is 1. The van der Waals surface area contributed by atoms with Crippen molar-refractivity contribution in [3.63, 3.8) is 0 Å². The second kappa shape index (κ2) is 6.01. The summed E-state index contributed by atoms with van der Waals surface area (Å²) in [6.07, 6.45) is 0.822. The van der Waals surface area contributed by atoms with Crippen molar-refractivity contribution in [1.29, 1.82) is 0 Å². The highest BCUT2D eigenvalue weighted by Gasteiger charge is 2.28. The molecular weight excluding hydrogens is 342 g/mol. The largest absolute Gasteiger partial charge is 0.398 e. The Kier molecular flexibility index (Phi) is 4.73. The molecule has 1 heterocycles. The molecule has 0 radical (unpaired) electrons. The SMILES string of the molecule is CC1CN(C)CCC1NS(=O)(=O)c1ccc(Br)c(N)c1. The zero-order chi connectivity index (χ0) is 14.9. The number of piperidine rings is 1. The minimum atomic E-state index is -3.52. The number of halogens is 1. The summed E-state index contributed by atoms with van der Waals surface area (Å²) in [7, 11) is -1.47. The number of anilines is 1. The molecule has 7 heteroatoms. The summed E-state index contributed by atoms with van der Waals surface area (Å²) < 4.78 is 28.3. The number of rotatable bonds is 3. The number of sulfonamides is 1. The summed E-state index contributed by atoms with van der Waals surface area (Å²) in [6, 6.07) is 4.66. The zero-order valence-corrected chi connectivity index (χ0v) is 14.0. The van der Waals surface area contributed by atoms with Crippen molar-refractivity contribution in [3.05, 3.63) is 22.7 Å². The minimum Gasteiger partial charge on any atom is -0.398 e. The van der Waals surface area contributed by atoms with Gasteiger partial charge in [0.2, 0.25) is 10.0 Å². The fourth-order valence-corrected chi connectivity index (χ4v) is 4.15. The fourth-order valence-electron chi connectivity index (χ4n) is 2.49. The molecule has 1 saturated heterocycles. The molecule has 2 unspecified atom stereocenters. The normalized spacial score (nSPS) is 24.8. The maximum absolute atomic E-state index is 12.4. The third kappa shape index (κ3) is 3.52. The van der Waals surface area contributed by atoms with Gasteiger partial charge in [0.25, 0.3) is 0 Å². The Labute approximate surface area is 128 Å². The molecule has 2 atom stereocenters. The predicted molar refractivity (Wildman–Crippen MR) is 83.9 cm³/mol. The van der Waals surface area contributed by atoms with Crippen molar-refractivity contribution in [1.82, 2.24) is 9.62 Å². The standard InChI is InChI=1S/C13H20BrN3O2S/c1-9-8-17(2)6-5-13(9)16-20(18,19)10-3-4-11(14)12(15)7-10/h3-4,7,9,13,16H,5-6,8,15H2,1-2H3. The number of benzene rings is 1. The van der Waals surface area contributed by atoms with E-state index in [0.717, 1.165) is 19.5 Å². The molecule has 1 fully saturated rings. The Bertz CT molecular complexity index is 591. The van der Waals surface area contributed by atoms with E-state index in [9.17, 15) is 8.42 Å². The van der Waals surface area contributed by atoms with Crippen LogP contribution in [0.2, 0.25) is 0 Å². The molecule has 112 valence electrons. The molecule has 0 aromatic heterocycles. The van der Waals surface area contributed by atoms with Gasteiger partial charge in [0, 0.05) is 22.7 Å². The van der Waals surface area contributed by atoms with Gasteiger partial charge in [-0.3, -0.25) is 0 Å². The summed E-state index contributed by atoms with van der Waals surface area (Å²) in [5.74, 6) is 0.288.